The highest BCUT2D eigenvalue weighted by Gasteiger charge is 2.31. The quantitative estimate of drug-likeness (QED) is 0.791. The number of hydrogen-bond acceptors (Lipinski definition) is 6. The number of fused-ring (bicyclic) bond motifs is 1. The molecule has 1 amide bonds. The Morgan fingerprint density at radius 1 is 1.27 bits per heavy atom. The van der Waals surface area contributed by atoms with Gasteiger partial charge in [-0.3, -0.25) is 14.5 Å². The van der Waals surface area contributed by atoms with E-state index in [0.29, 0.717) is 18.3 Å². The van der Waals surface area contributed by atoms with Gasteiger partial charge in [0.15, 0.2) is 5.13 Å². The van der Waals surface area contributed by atoms with E-state index < -0.39 is 0 Å². The average Bonchev–Trinajstić information content (AvgIpc) is 3.42. The fourth-order valence-electron chi connectivity index (χ4n) is 2.96. The maximum Gasteiger partial charge on any atom is 0.320 e. The minimum Gasteiger partial charge on any atom is -0.460 e. The molecule has 0 spiro atoms. The summed E-state index contributed by atoms with van der Waals surface area (Å²) >= 11 is 1.51. The average molecular weight is 371 g/mol. The van der Waals surface area contributed by atoms with Gasteiger partial charge in [-0.25, -0.2) is 4.98 Å². The Kier molecular flexibility index (Phi) is 4.99. The zero-order valence-corrected chi connectivity index (χ0v) is 15.3. The minimum atomic E-state index is -0.218. The van der Waals surface area contributed by atoms with Crippen molar-refractivity contribution in [1.82, 2.24) is 9.88 Å². The van der Waals surface area contributed by atoms with Crippen LogP contribution in [0.4, 0.5) is 5.13 Å². The van der Waals surface area contributed by atoms with Crippen LogP contribution in [0.5, 0.6) is 0 Å². The molecular formula is C19H21N3O3S. The van der Waals surface area contributed by atoms with Crippen LogP contribution in [0, 0.1) is 5.92 Å². The molecule has 1 aromatic carbocycles. The second-order valence-electron chi connectivity index (χ2n) is 6.76. The Morgan fingerprint density at radius 3 is 2.85 bits per heavy atom. The Balaban J connectivity index is 1.28. The molecule has 2 heterocycles. The smallest absolute Gasteiger partial charge is 0.320 e. The Hall–Kier alpha value is -2.25. The first-order valence-electron chi connectivity index (χ1n) is 8.89. The van der Waals surface area contributed by atoms with Gasteiger partial charge in [0.1, 0.15) is 6.61 Å². The monoisotopic (exact) mass is 371 g/mol. The highest BCUT2D eigenvalue weighted by molar-refractivity contribution is 7.15. The number of anilines is 1. The van der Waals surface area contributed by atoms with Gasteiger partial charge in [0.05, 0.1) is 12.2 Å². The summed E-state index contributed by atoms with van der Waals surface area (Å²) in [6.07, 6.45) is 2.75. The molecule has 0 atom stereocenters. The molecule has 1 aliphatic carbocycles. The van der Waals surface area contributed by atoms with Gasteiger partial charge in [0.25, 0.3) is 0 Å². The number of thiazole rings is 1. The lowest BCUT2D eigenvalue weighted by Crippen LogP contribution is -2.35. The Morgan fingerprint density at radius 2 is 2.08 bits per heavy atom. The van der Waals surface area contributed by atoms with Crippen molar-refractivity contribution in [1.29, 1.82) is 0 Å². The zero-order chi connectivity index (χ0) is 17.9. The number of carbonyl (C=O) groups is 2. The zero-order valence-electron chi connectivity index (χ0n) is 14.4. The van der Waals surface area contributed by atoms with E-state index in [4.69, 9.17) is 4.74 Å². The molecule has 0 saturated heterocycles. The van der Waals surface area contributed by atoms with Gasteiger partial charge in [-0.2, -0.15) is 0 Å². The Bertz CT molecular complexity index is 802. The second-order valence-corrected chi connectivity index (χ2v) is 7.84. The molecular weight excluding hydrogens is 350 g/mol. The van der Waals surface area contributed by atoms with E-state index in [2.05, 4.69) is 15.2 Å². The van der Waals surface area contributed by atoms with Gasteiger partial charge in [0.2, 0.25) is 5.91 Å². The molecule has 4 rings (SSSR count). The van der Waals surface area contributed by atoms with E-state index in [-0.39, 0.29) is 24.3 Å². The molecule has 26 heavy (non-hydrogen) atoms. The SMILES string of the molecule is O=C(CN1CCc2nc(NC(=O)C3CC3)sc2C1)OCc1ccccc1. The number of esters is 1. The molecule has 1 fully saturated rings. The van der Waals surface area contributed by atoms with E-state index in [1.54, 1.807) is 0 Å². The van der Waals surface area contributed by atoms with E-state index in [0.717, 1.165) is 41.9 Å². The molecule has 1 aliphatic heterocycles. The van der Waals surface area contributed by atoms with Gasteiger partial charge in [-0.05, 0) is 18.4 Å². The summed E-state index contributed by atoms with van der Waals surface area (Å²) in [4.78, 5) is 31.7. The first-order valence-corrected chi connectivity index (χ1v) is 9.70. The maximum atomic E-state index is 12.1. The number of hydrogen-bond donors (Lipinski definition) is 1. The van der Waals surface area contributed by atoms with Crippen molar-refractivity contribution in [3.8, 4) is 0 Å². The lowest BCUT2D eigenvalue weighted by Gasteiger charge is -2.24. The fraction of sp³-hybridized carbons (Fsp3) is 0.421. The summed E-state index contributed by atoms with van der Waals surface area (Å²) in [7, 11) is 0. The third-order valence-electron chi connectivity index (χ3n) is 4.58. The van der Waals surface area contributed by atoms with E-state index >= 15 is 0 Å². The van der Waals surface area contributed by atoms with Crippen LogP contribution >= 0.6 is 11.3 Å². The lowest BCUT2D eigenvalue weighted by molar-refractivity contribution is -0.146. The van der Waals surface area contributed by atoms with Gasteiger partial charge in [0, 0.05) is 30.3 Å². The summed E-state index contributed by atoms with van der Waals surface area (Å²) in [6.45, 7) is 2.02. The molecule has 136 valence electrons. The van der Waals surface area contributed by atoms with E-state index in [1.807, 2.05) is 30.3 Å². The predicted molar refractivity (Wildman–Crippen MR) is 98.7 cm³/mol. The number of rotatable bonds is 6. The number of ether oxygens (including phenoxy) is 1. The summed E-state index contributed by atoms with van der Waals surface area (Å²) in [6, 6.07) is 9.68. The molecule has 2 aromatic rings. The van der Waals surface area contributed by atoms with Crippen LogP contribution < -0.4 is 5.32 Å². The van der Waals surface area contributed by atoms with E-state index in [9.17, 15) is 9.59 Å². The van der Waals surface area contributed by atoms with Gasteiger partial charge in [-0.1, -0.05) is 30.3 Å². The largest absolute Gasteiger partial charge is 0.460 e. The standard InChI is InChI=1S/C19H21N3O3S/c23-17(25-12-13-4-2-1-3-5-13)11-22-9-8-15-16(10-22)26-19(20-15)21-18(24)14-6-7-14/h1-5,14H,6-12H2,(H,20,21,24). The molecule has 0 unspecified atom stereocenters. The summed E-state index contributed by atoms with van der Waals surface area (Å²) in [5, 5.41) is 3.59. The van der Waals surface area contributed by atoms with Crippen molar-refractivity contribution in [2.24, 2.45) is 5.92 Å². The molecule has 6 nitrogen and oxygen atoms in total. The number of aromatic nitrogens is 1. The van der Waals surface area contributed by atoms with Crippen LogP contribution in [0.2, 0.25) is 0 Å². The van der Waals surface area contributed by atoms with Crippen molar-refractivity contribution in [3.63, 3.8) is 0 Å². The molecule has 7 heteroatoms. The predicted octanol–water partition coefficient (Wildman–Crippen LogP) is 2.59. The third-order valence-corrected chi connectivity index (χ3v) is 5.58. The number of benzene rings is 1. The molecule has 1 aromatic heterocycles. The van der Waals surface area contributed by atoms with Crippen LogP contribution in [0.15, 0.2) is 30.3 Å². The summed E-state index contributed by atoms with van der Waals surface area (Å²) in [5.41, 5.74) is 2.02. The minimum absolute atomic E-state index is 0.0810. The second kappa shape index (κ2) is 7.55. The van der Waals surface area contributed by atoms with Crippen LogP contribution in [0.1, 0.15) is 29.0 Å². The van der Waals surface area contributed by atoms with Crippen molar-refractivity contribution >= 4 is 28.3 Å². The van der Waals surface area contributed by atoms with Crippen LogP contribution in [0.25, 0.3) is 0 Å². The Labute approximate surface area is 156 Å². The number of amides is 1. The molecule has 0 radical (unpaired) electrons. The topological polar surface area (TPSA) is 71.5 Å². The van der Waals surface area contributed by atoms with Crippen molar-refractivity contribution in [2.45, 2.75) is 32.4 Å². The summed E-state index contributed by atoms with van der Waals surface area (Å²) < 4.78 is 5.36. The highest BCUT2D eigenvalue weighted by Crippen LogP contribution is 2.32. The third kappa shape index (κ3) is 4.28. The number of nitrogens with one attached hydrogen (secondary N) is 1. The maximum absolute atomic E-state index is 12.1. The fourth-order valence-corrected chi connectivity index (χ4v) is 4.01. The van der Waals surface area contributed by atoms with Crippen LogP contribution in [0.3, 0.4) is 0 Å². The van der Waals surface area contributed by atoms with Gasteiger partial charge >= 0.3 is 5.97 Å². The van der Waals surface area contributed by atoms with Gasteiger partial charge in [-0.15, -0.1) is 11.3 Å². The van der Waals surface area contributed by atoms with Crippen molar-refractivity contribution in [3.05, 3.63) is 46.5 Å². The van der Waals surface area contributed by atoms with E-state index in [1.165, 1.54) is 11.3 Å². The highest BCUT2D eigenvalue weighted by atomic mass is 32.1. The van der Waals surface area contributed by atoms with Crippen molar-refractivity contribution in [2.75, 3.05) is 18.4 Å². The van der Waals surface area contributed by atoms with Crippen LogP contribution in [-0.2, 0) is 33.9 Å². The van der Waals surface area contributed by atoms with Crippen molar-refractivity contribution < 1.29 is 14.3 Å². The molecule has 2 aliphatic rings. The molecule has 1 saturated carbocycles. The molecule has 1 N–H and O–H groups in total. The number of nitrogens with zero attached hydrogens (tertiary/aromatic N) is 2. The number of carbonyl (C=O) groups excluding carboxylic acids is 2. The van der Waals surface area contributed by atoms with Gasteiger partial charge < -0.3 is 10.1 Å². The summed E-state index contributed by atoms with van der Waals surface area (Å²) in [5.74, 6) is 0.0355. The molecule has 0 bridgehead atoms. The first-order chi connectivity index (χ1) is 12.7. The lowest BCUT2D eigenvalue weighted by atomic mass is 10.2. The van der Waals surface area contributed by atoms with Crippen LogP contribution in [-0.4, -0.2) is 34.8 Å². The normalized spacial score (nSPS) is 16.8. The first kappa shape index (κ1) is 17.2.